The summed E-state index contributed by atoms with van der Waals surface area (Å²) in [5.41, 5.74) is 5.33. The molecule has 0 spiro atoms. The molecule has 7 heteroatoms. The van der Waals surface area contributed by atoms with Crippen LogP contribution in [-0.2, 0) is 4.79 Å². The smallest absolute Gasteiger partial charge is 0.266 e. The van der Waals surface area contributed by atoms with E-state index >= 15 is 0 Å². The normalized spacial score (nSPS) is 18.5. The summed E-state index contributed by atoms with van der Waals surface area (Å²) in [6.45, 7) is 2.03. The van der Waals surface area contributed by atoms with Crippen LogP contribution in [0.25, 0.3) is 0 Å². The Hall–Kier alpha value is -3.97. The minimum Gasteiger partial charge on any atom is -0.486 e. The Balaban J connectivity index is 1.54. The SMILES string of the molecule is CCC(Oc1ccc(C2NC(=O)C(=N)C2C(=N)c2ccccc2)cc1)c1cccc(NO)c1. The molecule has 0 radical (unpaired) electrons. The van der Waals surface area contributed by atoms with Gasteiger partial charge in [0.25, 0.3) is 5.91 Å². The van der Waals surface area contributed by atoms with E-state index in [1.165, 1.54) is 0 Å². The lowest BCUT2D eigenvalue weighted by Crippen LogP contribution is -2.26. The molecule has 0 aliphatic carbocycles. The summed E-state index contributed by atoms with van der Waals surface area (Å²) in [5.74, 6) is -0.444. The highest BCUT2D eigenvalue weighted by Gasteiger charge is 2.41. The molecule has 3 aromatic carbocycles. The van der Waals surface area contributed by atoms with Crippen molar-refractivity contribution in [2.45, 2.75) is 25.5 Å². The summed E-state index contributed by atoms with van der Waals surface area (Å²) in [6.07, 6.45) is 0.547. The van der Waals surface area contributed by atoms with Gasteiger partial charge in [-0.2, -0.15) is 0 Å². The number of amides is 1. The van der Waals surface area contributed by atoms with Gasteiger partial charge in [-0.05, 0) is 47.4 Å². The fourth-order valence-corrected chi connectivity index (χ4v) is 4.11. The van der Waals surface area contributed by atoms with Crippen molar-refractivity contribution >= 4 is 23.0 Å². The van der Waals surface area contributed by atoms with Crippen LogP contribution in [0.1, 0.15) is 42.2 Å². The van der Waals surface area contributed by atoms with E-state index in [4.69, 9.17) is 20.8 Å². The molecule has 5 N–H and O–H groups in total. The number of hydrogen-bond donors (Lipinski definition) is 5. The molecule has 0 saturated carbocycles. The van der Waals surface area contributed by atoms with E-state index < -0.39 is 17.9 Å². The van der Waals surface area contributed by atoms with Crippen molar-refractivity contribution in [3.8, 4) is 5.75 Å². The highest BCUT2D eigenvalue weighted by Crippen LogP contribution is 2.33. The fourth-order valence-electron chi connectivity index (χ4n) is 4.11. The number of anilines is 1. The number of carbonyl (C=O) groups is 1. The predicted molar refractivity (Wildman–Crippen MR) is 127 cm³/mol. The summed E-state index contributed by atoms with van der Waals surface area (Å²) in [5, 5.41) is 28.9. The van der Waals surface area contributed by atoms with E-state index in [1.54, 1.807) is 6.07 Å². The quantitative estimate of drug-likeness (QED) is 0.252. The maximum Gasteiger partial charge on any atom is 0.266 e. The van der Waals surface area contributed by atoms with E-state index in [1.807, 2.05) is 79.7 Å². The van der Waals surface area contributed by atoms with E-state index in [0.29, 0.717) is 17.0 Å². The molecule has 0 bridgehead atoms. The minimum atomic E-state index is -0.663. The molecule has 7 nitrogen and oxygen atoms in total. The Morgan fingerprint density at radius 3 is 2.48 bits per heavy atom. The fraction of sp³-hybridized carbons (Fsp3) is 0.192. The molecular formula is C26H26N4O3. The third-order valence-electron chi connectivity index (χ3n) is 5.85. The third-order valence-corrected chi connectivity index (χ3v) is 5.85. The van der Waals surface area contributed by atoms with E-state index in [-0.39, 0.29) is 17.5 Å². The monoisotopic (exact) mass is 442 g/mol. The molecule has 4 rings (SSSR count). The largest absolute Gasteiger partial charge is 0.486 e. The summed E-state index contributed by atoms with van der Waals surface area (Å²) in [7, 11) is 0. The Bertz CT molecular complexity index is 1160. The van der Waals surface area contributed by atoms with Gasteiger partial charge in [0.15, 0.2) is 0 Å². The molecule has 1 aliphatic heterocycles. The van der Waals surface area contributed by atoms with E-state index in [0.717, 1.165) is 17.5 Å². The van der Waals surface area contributed by atoms with Gasteiger partial charge in [-0.15, -0.1) is 0 Å². The second-order valence-electron chi connectivity index (χ2n) is 7.94. The third kappa shape index (κ3) is 4.63. The van der Waals surface area contributed by atoms with E-state index in [2.05, 4.69) is 10.8 Å². The zero-order valence-electron chi connectivity index (χ0n) is 18.2. The molecule has 3 aromatic rings. The summed E-state index contributed by atoms with van der Waals surface area (Å²) >= 11 is 0. The molecule has 1 fully saturated rings. The second kappa shape index (κ2) is 9.67. The van der Waals surface area contributed by atoms with Crippen LogP contribution in [-0.4, -0.2) is 22.5 Å². The molecule has 3 unspecified atom stereocenters. The van der Waals surface area contributed by atoms with Crippen molar-refractivity contribution in [1.82, 2.24) is 5.32 Å². The zero-order chi connectivity index (χ0) is 23.4. The molecule has 168 valence electrons. The van der Waals surface area contributed by atoms with Crippen molar-refractivity contribution in [3.05, 3.63) is 95.6 Å². The van der Waals surface area contributed by atoms with Crippen LogP contribution < -0.4 is 15.5 Å². The van der Waals surface area contributed by atoms with Crippen LogP contribution in [0.3, 0.4) is 0 Å². The highest BCUT2D eigenvalue weighted by atomic mass is 16.5. The number of carbonyl (C=O) groups excluding carboxylic acids is 1. The average Bonchev–Trinajstić information content (AvgIpc) is 3.17. The summed E-state index contributed by atoms with van der Waals surface area (Å²) < 4.78 is 6.17. The maximum atomic E-state index is 12.3. The first-order valence-electron chi connectivity index (χ1n) is 10.8. The predicted octanol–water partition coefficient (Wildman–Crippen LogP) is 4.89. The lowest BCUT2D eigenvalue weighted by atomic mass is 9.86. The molecule has 33 heavy (non-hydrogen) atoms. The number of ether oxygens (including phenoxy) is 1. The molecule has 1 aliphatic rings. The molecule has 1 amide bonds. The van der Waals surface area contributed by atoms with Gasteiger partial charge in [0, 0.05) is 0 Å². The number of nitrogens with one attached hydrogen (secondary N) is 4. The van der Waals surface area contributed by atoms with E-state index in [9.17, 15) is 4.79 Å². The first kappa shape index (κ1) is 22.2. The Morgan fingerprint density at radius 2 is 1.82 bits per heavy atom. The first-order valence-corrected chi connectivity index (χ1v) is 10.8. The van der Waals surface area contributed by atoms with Gasteiger partial charge in [0.2, 0.25) is 0 Å². The maximum absolute atomic E-state index is 12.3. The van der Waals surface area contributed by atoms with Crippen LogP contribution in [0, 0.1) is 16.7 Å². The van der Waals surface area contributed by atoms with Crippen LogP contribution in [0.15, 0.2) is 78.9 Å². The Morgan fingerprint density at radius 1 is 1.09 bits per heavy atom. The van der Waals surface area contributed by atoms with Gasteiger partial charge in [-0.25, -0.2) is 0 Å². The van der Waals surface area contributed by atoms with Gasteiger partial charge in [0.05, 0.1) is 23.4 Å². The average molecular weight is 443 g/mol. The van der Waals surface area contributed by atoms with Gasteiger partial charge in [0.1, 0.15) is 17.6 Å². The van der Waals surface area contributed by atoms with Crippen LogP contribution in [0.4, 0.5) is 5.69 Å². The highest BCUT2D eigenvalue weighted by molar-refractivity contribution is 6.45. The summed E-state index contributed by atoms with van der Waals surface area (Å²) in [6, 6.07) is 23.5. The minimum absolute atomic E-state index is 0.0994. The Kier molecular flexibility index (Phi) is 6.51. The number of rotatable bonds is 8. The van der Waals surface area contributed by atoms with Crippen LogP contribution in [0.5, 0.6) is 5.75 Å². The first-order chi connectivity index (χ1) is 16.0. The standard InChI is InChI=1S/C26H26N4O3/c1-2-21(18-9-6-10-19(15-18)30-32)33-20-13-11-17(12-14-20)25-22(24(28)26(31)29-25)23(27)16-7-4-3-5-8-16/h3-15,21-22,25,27-28,30,32H,2H2,1H3,(H,29,31). The van der Waals surface area contributed by atoms with Gasteiger partial charge in [-0.1, -0.05) is 61.5 Å². The Labute approximate surface area is 192 Å². The zero-order valence-corrected chi connectivity index (χ0v) is 18.2. The van der Waals surface area contributed by atoms with Crippen LogP contribution >= 0.6 is 0 Å². The molecule has 1 saturated heterocycles. The lowest BCUT2D eigenvalue weighted by Gasteiger charge is -2.22. The van der Waals surface area contributed by atoms with Crippen molar-refractivity contribution in [3.63, 3.8) is 0 Å². The van der Waals surface area contributed by atoms with Crippen molar-refractivity contribution in [2.24, 2.45) is 5.92 Å². The number of benzene rings is 3. The number of hydrogen-bond acceptors (Lipinski definition) is 6. The van der Waals surface area contributed by atoms with Gasteiger partial charge < -0.3 is 15.5 Å². The van der Waals surface area contributed by atoms with Crippen molar-refractivity contribution in [2.75, 3.05) is 5.48 Å². The van der Waals surface area contributed by atoms with Gasteiger partial charge >= 0.3 is 0 Å². The second-order valence-corrected chi connectivity index (χ2v) is 7.94. The summed E-state index contributed by atoms with van der Waals surface area (Å²) in [4.78, 5) is 12.3. The molecule has 1 heterocycles. The lowest BCUT2D eigenvalue weighted by molar-refractivity contribution is -0.114. The molecule has 3 atom stereocenters. The van der Waals surface area contributed by atoms with Crippen molar-refractivity contribution < 1.29 is 14.7 Å². The molecule has 0 aromatic heterocycles. The van der Waals surface area contributed by atoms with Gasteiger partial charge in [-0.3, -0.25) is 20.9 Å². The van der Waals surface area contributed by atoms with Crippen molar-refractivity contribution in [1.29, 1.82) is 10.8 Å². The van der Waals surface area contributed by atoms with Crippen LogP contribution in [0.2, 0.25) is 0 Å². The topological polar surface area (TPSA) is 118 Å². The molecular weight excluding hydrogens is 416 g/mol.